The van der Waals surface area contributed by atoms with Crippen LogP contribution < -0.4 is 0 Å². The van der Waals surface area contributed by atoms with Gasteiger partial charge in [0, 0.05) is 19.5 Å². The van der Waals surface area contributed by atoms with Crippen molar-refractivity contribution in [1.82, 2.24) is 4.90 Å². The van der Waals surface area contributed by atoms with Gasteiger partial charge in [0.1, 0.15) is 0 Å². The molecule has 1 saturated heterocycles. The van der Waals surface area contributed by atoms with Gasteiger partial charge in [-0.2, -0.15) is 0 Å². The van der Waals surface area contributed by atoms with Crippen LogP contribution in [-0.4, -0.2) is 29.0 Å². The molecule has 3 nitrogen and oxygen atoms in total. The SMILES string of the molecule is O=C(CCC(O)c1ccc2c(c1)CCC2)N1CCCC1. The second-order valence-electron chi connectivity index (χ2n) is 6.02. The van der Waals surface area contributed by atoms with Crippen LogP contribution in [0.25, 0.3) is 0 Å². The first-order chi connectivity index (χ1) is 9.74. The van der Waals surface area contributed by atoms with E-state index in [-0.39, 0.29) is 5.91 Å². The Morgan fingerprint density at radius 3 is 2.70 bits per heavy atom. The molecule has 1 aliphatic carbocycles. The van der Waals surface area contributed by atoms with E-state index in [2.05, 4.69) is 12.1 Å². The Bertz CT molecular complexity index is 492. The van der Waals surface area contributed by atoms with E-state index in [1.165, 1.54) is 24.0 Å². The van der Waals surface area contributed by atoms with Gasteiger partial charge in [-0.3, -0.25) is 4.79 Å². The van der Waals surface area contributed by atoms with Crippen molar-refractivity contribution in [2.24, 2.45) is 0 Å². The first-order valence-corrected chi connectivity index (χ1v) is 7.81. The molecule has 1 aromatic rings. The fraction of sp³-hybridized carbons (Fsp3) is 0.588. The number of benzene rings is 1. The van der Waals surface area contributed by atoms with Gasteiger partial charge in [0.2, 0.25) is 5.91 Å². The van der Waals surface area contributed by atoms with Crippen molar-refractivity contribution < 1.29 is 9.90 Å². The highest BCUT2D eigenvalue weighted by atomic mass is 16.3. The number of aryl methyl sites for hydroxylation is 2. The molecular formula is C17H23NO2. The highest BCUT2D eigenvalue weighted by Crippen LogP contribution is 2.27. The molecule has 0 bridgehead atoms. The van der Waals surface area contributed by atoms with E-state index in [0.717, 1.165) is 37.9 Å². The first kappa shape index (κ1) is 13.6. The molecule has 1 heterocycles. The van der Waals surface area contributed by atoms with E-state index in [0.29, 0.717) is 12.8 Å². The van der Waals surface area contributed by atoms with Crippen LogP contribution in [0.4, 0.5) is 0 Å². The molecule has 1 amide bonds. The average molecular weight is 273 g/mol. The number of aliphatic hydroxyl groups is 1. The summed E-state index contributed by atoms with van der Waals surface area (Å²) in [5.74, 6) is 0.197. The summed E-state index contributed by atoms with van der Waals surface area (Å²) in [4.78, 5) is 13.9. The summed E-state index contributed by atoms with van der Waals surface area (Å²) in [5, 5.41) is 10.3. The molecule has 0 radical (unpaired) electrons. The minimum Gasteiger partial charge on any atom is -0.388 e. The maximum atomic E-state index is 12.0. The number of carbonyl (C=O) groups excluding carboxylic acids is 1. The normalized spacial score (nSPS) is 19.1. The fourth-order valence-electron chi connectivity index (χ4n) is 3.35. The Labute approximate surface area is 120 Å². The highest BCUT2D eigenvalue weighted by Gasteiger charge is 2.20. The van der Waals surface area contributed by atoms with Gasteiger partial charge in [-0.25, -0.2) is 0 Å². The summed E-state index contributed by atoms with van der Waals surface area (Å²) in [6.45, 7) is 1.79. The number of likely N-dealkylation sites (tertiary alicyclic amines) is 1. The van der Waals surface area contributed by atoms with Crippen molar-refractivity contribution in [3.63, 3.8) is 0 Å². The van der Waals surface area contributed by atoms with Gasteiger partial charge in [-0.1, -0.05) is 18.2 Å². The second-order valence-corrected chi connectivity index (χ2v) is 6.02. The minimum absolute atomic E-state index is 0.197. The van der Waals surface area contributed by atoms with Gasteiger partial charge in [-0.05, 0) is 55.2 Å². The molecule has 3 heteroatoms. The zero-order chi connectivity index (χ0) is 13.9. The quantitative estimate of drug-likeness (QED) is 0.916. The Kier molecular flexibility index (Phi) is 4.06. The predicted octanol–water partition coefficient (Wildman–Crippen LogP) is 2.61. The summed E-state index contributed by atoms with van der Waals surface area (Å²) >= 11 is 0. The maximum absolute atomic E-state index is 12.0. The van der Waals surface area contributed by atoms with Crippen LogP contribution in [0.1, 0.15) is 54.9 Å². The van der Waals surface area contributed by atoms with E-state index in [1.54, 1.807) is 0 Å². The van der Waals surface area contributed by atoms with Crippen LogP contribution in [0.15, 0.2) is 18.2 Å². The smallest absolute Gasteiger partial charge is 0.222 e. The lowest BCUT2D eigenvalue weighted by Crippen LogP contribution is -2.27. The molecule has 2 aliphatic rings. The number of nitrogens with zero attached hydrogens (tertiary/aromatic N) is 1. The summed E-state index contributed by atoms with van der Waals surface area (Å²) in [5.41, 5.74) is 3.78. The zero-order valence-electron chi connectivity index (χ0n) is 12.0. The molecule has 1 atom stereocenters. The Morgan fingerprint density at radius 1 is 1.15 bits per heavy atom. The molecule has 3 rings (SSSR count). The van der Waals surface area contributed by atoms with Crippen molar-refractivity contribution in [2.45, 2.75) is 51.0 Å². The van der Waals surface area contributed by atoms with Gasteiger partial charge in [0.25, 0.3) is 0 Å². The second kappa shape index (κ2) is 5.96. The van der Waals surface area contributed by atoms with Crippen molar-refractivity contribution in [3.05, 3.63) is 34.9 Å². The minimum atomic E-state index is -0.507. The Hall–Kier alpha value is -1.35. The van der Waals surface area contributed by atoms with Crippen molar-refractivity contribution in [1.29, 1.82) is 0 Å². The lowest BCUT2D eigenvalue weighted by Gasteiger charge is -2.17. The lowest BCUT2D eigenvalue weighted by atomic mass is 10.00. The number of hydrogen-bond acceptors (Lipinski definition) is 2. The van der Waals surface area contributed by atoms with Gasteiger partial charge in [0.05, 0.1) is 6.10 Å². The van der Waals surface area contributed by atoms with Crippen molar-refractivity contribution in [3.8, 4) is 0 Å². The highest BCUT2D eigenvalue weighted by molar-refractivity contribution is 5.76. The van der Waals surface area contributed by atoms with Gasteiger partial charge in [-0.15, -0.1) is 0 Å². The summed E-state index contributed by atoms with van der Waals surface area (Å²) < 4.78 is 0. The molecule has 108 valence electrons. The number of fused-ring (bicyclic) bond motifs is 1. The van der Waals surface area contributed by atoms with Gasteiger partial charge >= 0.3 is 0 Å². The molecule has 1 aliphatic heterocycles. The van der Waals surface area contributed by atoms with Gasteiger partial charge in [0.15, 0.2) is 0 Å². The van der Waals surface area contributed by atoms with E-state index >= 15 is 0 Å². The number of amides is 1. The topological polar surface area (TPSA) is 40.5 Å². The fourth-order valence-corrected chi connectivity index (χ4v) is 3.35. The van der Waals surface area contributed by atoms with E-state index < -0.39 is 6.10 Å². The summed E-state index contributed by atoms with van der Waals surface area (Å²) in [6, 6.07) is 6.30. The molecular weight excluding hydrogens is 250 g/mol. The standard InChI is InChI=1S/C17H23NO2/c19-16(8-9-17(20)18-10-1-2-11-18)15-7-6-13-4-3-5-14(13)12-15/h6-7,12,16,19H,1-5,8-11H2. The lowest BCUT2D eigenvalue weighted by molar-refractivity contribution is -0.130. The molecule has 0 aromatic heterocycles. The molecule has 1 unspecified atom stereocenters. The largest absolute Gasteiger partial charge is 0.388 e. The Balaban J connectivity index is 1.56. The third kappa shape index (κ3) is 2.88. The first-order valence-electron chi connectivity index (χ1n) is 7.81. The predicted molar refractivity (Wildman–Crippen MR) is 78.5 cm³/mol. The van der Waals surface area contributed by atoms with Gasteiger partial charge < -0.3 is 10.0 Å². The number of carbonyl (C=O) groups is 1. The molecule has 1 aromatic carbocycles. The maximum Gasteiger partial charge on any atom is 0.222 e. The van der Waals surface area contributed by atoms with Crippen molar-refractivity contribution in [2.75, 3.05) is 13.1 Å². The number of hydrogen-bond donors (Lipinski definition) is 1. The van der Waals surface area contributed by atoms with Crippen LogP contribution in [0, 0.1) is 0 Å². The number of rotatable bonds is 4. The molecule has 0 saturated carbocycles. The molecule has 0 spiro atoms. The number of aliphatic hydroxyl groups excluding tert-OH is 1. The van der Waals surface area contributed by atoms with Crippen LogP contribution in [0.2, 0.25) is 0 Å². The third-order valence-electron chi connectivity index (χ3n) is 4.60. The Morgan fingerprint density at radius 2 is 1.90 bits per heavy atom. The van der Waals surface area contributed by atoms with Crippen LogP contribution in [0.5, 0.6) is 0 Å². The molecule has 1 fully saturated rings. The van der Waals surface area contributed by atoms with E-state index in [1.807, 2.05) is 11.0 Å². The van der Waals surface area contributed by atoms with E-state index in [4.69, 9.17) is 0 Å². The monoisotopic (exact) mass is 273 g/mol. The molecule has 20 heavy (non-hydrogen) atoms. The summed E-state index contributed by atoms with van der Waals surface area (Å²) in [6.07, 6.45) is 6.25. The van der Waals surface area contributed by atoms with Crippen LogP contribution in [-0.2, 0) is 17.6 Å². The zero-order valence-corrected chi connectivity index (χ0v) is 12.0. The van der Waals surface area contributed by atoms with Crippen molar-refractivity contribution >= 4 is 5.91 Å². The molecule has 1 N–H and O–H groups in total. The van der Waals surface area contributed by atoms with Crippen LogP contribution in [0.3, 0.4) is 0 Å². The van der Waals surface area contributed by atoms with E-state index in [9.17, 15) is 9.90 Å². The third-order valence-corrected chi connectivity index (χ3v) is 4.60. The summed E-state index contributed by atoms with van der Waals surface area (Å²) in [7, 11) is 0. The van der Waals surface area contributed by atoms with Crippen LogP contribution >= 0.6 is 0 Å². The average Bonchev–Trinajstić information content (AvgIpc) is 3.13.